The summed E-state index contributed by atoms with van der Waals surface area (Å²) in [7, 11) is 0. The van der Waals surface area contributed by atoms with Crippen LogP contribution in [-0.4, -0.2) is 11.9 Å². The molecule has 2 aromatic rings. The molecule has 0 heterocycles. The molecular weight excluding hydrogens is 264 g/mol. The second-order valence-corrected chi connectivity index (χ2v) is 4.81. The highest BCUT2D eigenvalue weighted by molar-refractivity contribution is 5.93. The largest absolute Gasteiger partial charge is 0.331 e. The van der Waals surface area contributed by atoms with E-state index in [-0.39, 0.29) is 11.9 Å². The molecular formula is C17H18N2O2. The minimum atomic E-state index is -0.479. The lowest BCUT2D eigenvalue weighted by molar-refractivity contribution is -0.117. The maximum absolute atomic E-state index is 11.8. The fourth-order valence-corrected chi connectivity index (χ4v) is 2.14. The third-order valence-corrected chi connectivity index (χ3v) is 3.08. The van der Waals surface area contributed by atoms with Crippen molar-refractivity contribution in [2.45, 2.75) is 19.4 Å². The molecule has 0 saturated carbocycles. The van der Waals surface area contributed by atoms with Crippen molar-refractivity contribution in [3.05, 3.63) is 71.8 Å². The van der Waals surface area contributed by atoms with Crippen LogP contribution in [0.1, 0.15) is 24.1 Å². The van der Waals surface area contributed by atoms with Gasteiger partial charge in [-0.25, -0.2) is 4.79 Å². The van der Waals surface area contributed by atoms with Gasteiger partial charge in [-0.2, -0.15) is 0 Å². The molecule has 3 amide bonds. The molecule has 0 aliphatic rings. The summed E-state index contributed by atoms with van der Waals surface area (Å²) in [5, 5.41) is 5.08. The van der Waals surface area contributed by atoms with Crippen LogP contribution < -0.4 is 10.6 Å². The van der Waals surface area contributed by atoms with Gasteiger partial charge >= 0.3 is 6.03 Å². The number of carbonyl (C=O) groups excluding carboxylic acids is 2. The summed E-state index contributed by atoms with van der Waals surface area (Å²) in [5.41, 5.74) is 2.12. The van der Waals surface area contributed by atoms with Gasteiger partial charge in [0.1, 0.15) is 0 Å². The Bertz CT molecular complexity index is 597. The molecule has 0 aromatic heterocycles. The van der Waals surface area contributed by atoms with Crippen molar-refractivity contribution >= 4 is 11.9 Å². The molecule has 4 nitrogen and oxygen atoms in total. The van der Waals surface area contributed by atoms with Gasteiger partial charge in [-0.1, -0.05) is 60.7 Å². The highest BCUT2D eigenvalue weighted by Gasteiger charge is 2.15. The fourth-order valence-electron chi connectivity index (χ4n) is 2.14. The molecule has 108 valence electrons. The van der Waals surface area contributed by atoms with Crippen molar-refractivity contribution in [1.82, 2.24) is 10.6 Å². The Morgan fingerprint density at radius 1 is 0.952 bits per heavy atom. The van der Waals surface area contributed by atoms with E-state index in [4.69, 9.17) is 0 Å². The number of hydrogen-bond donors (Lipinski definition) is 2. The van der Waals surface area contributed by atoms with Gasteiger partial charge < -0.3 is 5.32 Å². The van der Waals surface area contributed by atoms with Crippen molar-refractivity contribution < 1.29 is 9.59 Å². The van der Waals surface area contributed by atoms with Crippen molar-refractivity contribution in [3.63, 3.8) is 0 Å². The van der Waals surface area contributed by atoms with Crippen LogP contribution >= 0.6 is 0 Å². The normalized spacial score (nSPS) is 11.5. The van der Waals surface area contributed by atoms with E-state index >= 15 is 0 Å². The lowest BCUT2D eigenvalue weighted by Gasteiger charge is -2.19. The van der Waals surface area contributed by atoms with Gasteiger partial charge in [0, 0.05) is 6.92 Å². The van der Waals surface area contributed by atoms with Crippen molar-refractivity contribution in [3.8, 4) is 0 Å². The quantitative estimate of drug-likeness (QED) is 0.906. The van der Waals surface area contributed by atoms with Gasteiger partial charge in [-0.3, -0.25) is 10.1 Å². The summed E-state index contributed by atoms with van der Waals surface area (Å²) in [5.74, 6) is -0.376. The highest BCUT2D eigenvalue weighted by Crippen LogP contribution is 2.18. The lowest BCUT2D eigenvalue weighted by atomic mass is 9.99. The van der Waals surface area contributed by atoms with E-state index in [2.05, 4.69) is 10.6 Å². The van der Waals surface area contributed by atoms with Crippen LogP contribution in [0, 0.1) is 0 Å². The summed E-state index contributed by atoms with van der Waals surface area (Å²) in [6.45, 7) is 1.31. The molecule has 4 heteroatoms. The number of nitrogens with one attached hydrogen (secondary N) is 2. The minimum Gasteiger partial charge on any atom is -0.331 e. The van der Waals surface area contributed by atoms with Crippen molar-refractivity contribution in [1.29, 1.82) is 0 Å². The summed E-state index contributed by atoms with van der Waals surface area (Å²) < 4.78 is 0. The molecule has 0 saturated heterocycles. The maximum atomic E-state index is 11.8. The van der Waals surface area contributed by atoms with Crippen LogP contribution in [0.5, 0.6) is 0 Å². The Morgan fingerprint density at radius 3 is 2.10 bits per heavy atom. The first-order chi connectivity index (χ1) is 10.1. The highest BCUT2D eigenvalue weighted by atomic mass is 16.2. The molecule has 2 rings (SSSR count). The molecule has 21 heavy (non-hydrogen) atoms. The first kappa shape index (κ1) is 14.8. The van der Waals surface area contributed by atoms with Gasteiger partial charge in [-0.15, -0.1) is 0 Å². The molecule has 2 aromatic carbocycles. The SMILES string of the molecule is CC(=O)NC(=O)N[C@@H](Cc1ccccc1)c1ccccc1. The number of carbonyl (C=O) groups is 2. The predicted octanol–water partition coefficient (Wildman–Crippen LogP) is 2.82. The number of benzene rings is 2. The van der Waals surface area contributed by atoms with Crippen LogP contribution in [0.3, 0.4) is 0 Å². The number of amides is 3. The Labute approximate surface area is 124 Å². The molecule has 0 radical (unpaired) electrons. The average Bonchev–Trinajstić information content (AvgIpc) is 2.48. The van der Waals surface area contributed by atoms with E-state index in [1.807, 2.05) is 60.7 Å². The van der Waals surface area contributed by atoms with Crippen LogP contribution in [0.15, 0.2) is 60.7 Å². The average molecular weight is 282 g/mol. The maximum Gasteiger partial charge on any atom is 0.321 e. The first-order valence-electron chi connectivity index (χ1n) is 6.82. The zero-order valence-corrected chi connectivity index (χ0v) is 11.9. The second kappa shape index (κ2) is 7.24. The minimum absolute atomic E-state index is 0.187. The first-order valence-corrected chi connectivity index (χ1v) is 6.82. The number of urea groups is 1. The molecule has 0 aliphatic heterocycles. The fraction of sp³-hybridized carbons (Fsp3) is 0.176. The molecule has 2 N–H and O–H groups in total. The van der Waals surface area contributed by atoms with Gasteiger partial charge in [0.05, 0.1) is 6.04 Å². The summed E-state index contributed by atoms with van der Waals surface area (Å²) in [6, 6.07) is 19.0. The number of rotatable bonds is 4. The summed E-state index contributed by atoms with van der Waals surface area (Å²) in [6.07, 6.45) is 0.663. The summed E-state index contributed by atoms with van der Waals surface area (Å²) >= 11 is 0. The third-order valence-electron chi connectivity index (χ3n) is 3.08. The number of hydrogen-bond acceptors (Lipinski definition) is 2. The standard InChI is InChI=1S/C17H18N2O2/c1-13(20)18-17(21)19-16(15-10-6-3-7-11-15)12-14-8-4-2-5-9-14/h2-11,16H,12H2,1H3,(H2,18,19,20,21)/t16-/m0/s1. The number of imide groups is 1. The molecule has 0 unspecified atom stereocenters. The van der Waals surface area contributed by atoms with Crippen molar-refractivity contribution in [2.24, 2.45) is 0 Å². The van der Waals surface area contributed by atoms with E-state index in [0.717, 1.165) is 11.1 Å². The monoisotopic (exact) mass is 282 g/mol. The Hall–Kier alpha value is -2.62. The van der Waals surface area contributed by atoms with Gasteiger partial charge in [-0.05, 0) is 17.5 Å². The second-order valence-electron chi connectivity index (χ2n) is 4.81. The van der Waals surface area contributed by atoms with Crippen molar-refractivity contribution in [2.75, 3.05) is 0 Å². The Morgan fingerprint density at radius 2 is 1.52 bits per heavy atom. The topological polar surface area (TPSA) is 58.2 Å². The van der Waals surface area contributed by atoms with Crippen LogP contribution in [0.25, 0.3) is 0 Å². The Kier molecular flexibility index (Phi) is 5.10. The predicted molar refractivity (Wildman–Crippen MR) is 81.7 cm³/mol. The van der Waals surface area contributed by atoms with Crippen LogP contribution in [0.4, 0.5) is 4.79 Å². The van der Waals surface area contributed by atoms with E-state index in [9.17, 15) is 9.59 Å². The third kappa shape index (κ3) is 4.76. The lowest BCUT2D eigenvalue weighted by Crippen LogP contribution is -2.40. The van der Waals surface area contributed by atoms with E-state index in [0.29, 0.717) is 6.42 Å². The van der Waals surface area contributed by atoms with Gasteiger partial charge in [0.25, 0.3) is 0 Å². The van der Waals surface area contributed by atoms with Crippen LogP contribution in [0.2, 0.25) is 0 Å². The van der Waals surface area contributed by atoms with E-state index in [1.54, 1.807) is 0 Å². The smallest absolute Gasteiger partial charge is 0.321 e. The molecule has 0 spiro atoms. The Balaban J connectivity index is 2.15. The molecule has 0 bridgehead atoms. The van der Waals surface area contributed by atoms with E-state index in [1.165, 1.54) is 6.92 Å². The van der Waals surface area contributed by atoms with Gasteiger partial charge in [0.15, 0.2) is 0 Å². The van der Waals surface area contributed by atoms with Gasteiger partial charge in [0.2, 0.25) is 5.91 Å². The van der Waals surface area contributed by atoms with Crippen LogP contribution in [-0.2, 0) is 11.2 Å². The zero-order chi connectivity index (χ0) is 15.1. The summed E-state index contributed by atoms with van der Waals surface area (Å²) in [4.78, 5) is 22.7. The molecule has 0 aliphatic carbocycles. The zero-order valence-electron chi connectivity index (χ0n) is 11.9. The molecule has 1 atom stereocenters. The van der Waals surface area contributed by atoms with E-state index < -0.39 is 6.03 Å². The molecule has 0 fully saturated rings.